The lowest BCUT2D eigenvalue weighted by atomic mass is 10.1. The second kappa shape index (κ2) is 7.46. The van der Waals surface area contributed by atoms with Crippen molar-refractivity contribution in [2.24, 2.45) is 0 Å². The Hall–Kier alpha value is -2.38. The fourth-order valence-corrected chi connectivity index (χ4v) is 2.97. The number of amides is 1. The van der Waals surface area contributed by atoms with Gasteiger partial charge in [0.05, 0.1) is 6.04 Å². The van der Waals surface area contributed by atoms with Crippen LogP contribution in [0.2, 0.25) is 0 Å². The van der Waals surface area contributed by atoms with E-state index in [4.69, 9.17) is 12.2 Å². The number of carbonyl (C=O) groups excluding carboxylic acids is 1. The summed E-state index contributed by atoms with van der Waals surface area (Å²) in [5.74, 6) is -0.726. The minimum atomic E-state index is -0.382. The molecule has 1 aromatic carbocycles. The maximum Gasteiger partial charge on any atom is 0.257 e. The quantitative estimate of drug-likeness (QED) is 0.815. The van der Waals surface area contributed by atoms with Crippen LogP contribution in [0.3, 0.4) is 0 Å². The normalized spacial score (nSPS) is 17.4. The van der Waals surface area contributed by atoms with E-state index in [1.54, 1.807) is 12.4 Å². The first kappa shape index (κ1) is 16.5. The van der Waals surface area contributed by atoms with E-state index in [9.17, 15) is 9.18 Å². The Bertz CT molecular complexity index is 723. The second-order valence-corrected chi connectivity index (χ2v) is 5.85. The van der Waals surface area contributed by atoms with Gasteiger partial charge in [0.2, 0.25) is 0 Å². The highest BCUT2D eigenvalue weighted by atomic mass is 32.1. The first-order valence-electron chi connectivity index (χ1n) is 7.63. The average Bonchev–Trinajstić information content (AvgIpc) is 2.63. The van der Waals surface area contributed by atoms with Gasteiger partial charge in [0, 0.05) is 37.6 Å². The molecular weight excluding hydrogens is 327 g/mol. The summed E-state index contributed by atoms with van der Waals surface area (Å²) >= 11 is 5.42. The summed E-state index contributed by atoms with van der Waals surface area (Å²) < 4.78 is 13.0. The molecule has 1 unspecified atom stereocenters. The fraction of sp³-hybridized carbons (Fsp3) is 0.235. The zero-order valence-electron chi connectivity index (χ0n) is 12.9. The monoisotopic (exact) mass is 344 g/mol. The Morgan fingerprint density at radius 2 is 2.12 bits per heavy atom. The van der Waals surface area contributed by atoms with E-state index in [0.717, 1.165) is 18.7 Å². The standard InChI is InChI=1S/C17H17FN4OS/c18-14-5-3-12(4-6-14)16(23)21-17(24)22-9-8-20-11-15(22)13-2-1-7-19-10-13/h1-7,10,15,20H,8-9,11H2,(H,21,23,24). The zero-order valence-corrected chi connectivity index (χ0v) is 13.7. The highest BCUT2D eigenvalue weighted by Crippen LogP contribution is 2.21. The molecule has 1 atom stereocenters. The summed E-state index contributed by atoms with van der Waals surface area (Å²) in [5.41, 5.74) is 1.40. The van der Waals surface area contributed by atoms with Crippen molar-refractivity contribution in [3.8, 4) is 0 Å². The van der Waals surface area contributed by atoms with Crippen LogP contribution in [0.4, 0.5) is 4.39 Å². The molecule has 0 spiro atoms. The van der Waals surface area contributed by atoms with Crippen LogP contribution in [0.25, 0.3) is 0 Å². The Labute approximate surface area is 144 Å². The van der Waals surface area contributed by atoms with Crippen LogP contribution < -0.4 is 10.6 Å². The van der Waals surface area contributed by atoms with E-state index in [2.05, 4.69) is 15.6 Å². The Balaban J connectivity index is 1.72. The van der Waals surface area contributed by atoms with E-state index < -0.39 is 0 Å². The number of nitrogens with zero attached hydrogens (tertiary/aromatic N) is 2. The van der Waals surface area contributed by atoms with E-state index in [1.807, 2.05) is 17.0 Å². The van der Waals surface area contributed by atoms with Gasteiger partial charge >= 0.3 is 0 Å². The van der Waals surface area contributed by atoms with Crippen molar-refractivity contribution in [2.45, 2.75) is 6.04 Å². The number of hydrogen-bond donors (Lipinski definition) is 2. The Morgan fingerprint density at radius 3 is 2.83 bits per heavy atom. The maximum atomic E-state index is 13.0. The molecule has 0 radical (unpaired) electrons. The molecule has 124 valence electrons. The predicted octanol–water partition coefficient (Wildman–Crippen LogP) is 1.88. The largest absolute Gasteiger partial charge is 0.339 e. The lowest BCUT2D eigenvalue weighted by molar-refractivity contribution is 0.0970. The molecule has 0 saturated carbocycles. The third-order valence-electron chi connectivity index (χ3n) is 3.90. The van der Waals surface area contributed by atoms with Gasteiger partial charge < -0.3 is 10.2 Å². The maximum absolute atomic E-state index is 13.0. The van der Waals surface area contributed by atoms with Crippen LogP contribution in [0, 0.1) is 5.82 Å². The van der Waals surface area contributed by atoms with Gasteiger partial charge in [-0.3, -0.25) is 15.1 Å². The number of halogens is 1. The summed E-state index contributed by atoms with van der Waals surface area (Å²) in [4.78, 5) is 18.4. The van der Waals surface area contributed by atoms with E-state index >= 15 is 0 Å². The number of benzene rings is 1. The molecule has 0 aliphatic carbocycles. The molecule has 2 heterocycles. The van der Waals surface area contributed by atoms with Crippen molar-refractivity contribution in [1.29, 1.82) is 0 Å². The molecular formula is C17H17FN4OS. The summed E-state index contributed by atoms with van der Waals surface area (Å²) in [6.45, 7) is 2.18. The van der Waals surface area contributed by atoms with E-state index in [0.29, 0.717) is 17.2 Å². The molecule has 2 aromatic rings. The highest BCUT2D eigenvalue weighted by Gasteiger charge is 2.26. The van der Waals surface area contributed by atoms with Crippen molar-refractivity contribution < 1.29 is 9.18 Å². The second-order valence-electron chi connectivity index (χ2n) is 5.47. The SMILES string of the molecule is O=C(NC(=S)N1CCNCC1c1cccnc1)c1ccc(F)cc1. The summed E-state index contributed by atoms with van der Waals surface area (Å²) in [7, 11) is 0. The molecule has 3 rings (SSSR count). The van der Waals surface area contributed by atoms with Gasteiger partial charge in [0.25, 0.3) is 5.91 Å². The molecule has 1 aliphatic heterocycles. The molecule has 1 amide bonds. The molecule has 0 bridgehead atoms. The highest BCUT2D eigenvalue weighted by molar-refractivity contribution is 7.80. The molecule has 1 fully saturated rings. The molecule has 1 aromatic heterocycles. The number of aromatic nitrogens is 1. The Morgan fingerprint density at radius 1 is 1.33 bits per heavy atom. The van der Waals surface area contributed by atoms with Crippen molar-refractivity contribution in [1.82, 2.24) is 20.5 Å². The smallest absolute Gasteiger partial charge is 0.257 e. The van der Waals surface area contributed by atoms with Crippen LogP contribution in [0.15, 0.2) is 48.8 Å². The lowest BCUT2D eigenvalue weighted by Gasteiger charge is -2.38. The summed E-state index contributed by atoms with van der Waals surface area (Å²) in [6.07, 6.45) is 3.52. The van der Waals surface area contributed by atoms with Crippen molar-refractivity contribution in [2.75, 3.05) is 19.6 Å². The topological polar surface area (TPSA) is 57.3 Å². The van der Waals surface area contributed by atoms with Crippen LogP contribution in [-0.2, 0) is 0 Å². The molecule has 7 heteroatoms. The van der Waals surface area contributed by atoms with E-state index in [1.165, 1.54) is 24.3 Å². The number of piperazine rings is 1. The lowest BCUT2D eigenvalue weighted by Crippen LogP contribution is -2.52. The van der Waals surface area contributed by atoms with E-state index in [-0.39, 0.29) is 17.8 Å². The van der Waals surface area contributed by atoms with Crippen LogP contribution in [0.1, 0.15) is 22.0 Å². The van der Waals surface area contributed by atoms with Crippen LogP contribution in [-0.4, -0.2) is 40.5 Å². The number of carbonyl (C=O) groups is 1. The molecule has 1 saturated heterocycles. The number of pyridine rings is 1. The number of hydrogen-bond acceptors (Lipinski definition) is 4. The van der Waals surface area contributed by atoms with Gasteiger partial charge in [-0.2, -0.15) is 0 Å². The van der Waals surface area contributed by atoms with Crippen molar-refractivity contribution in [3.63, 3.8) is 0 Å². The number of nitrogens with one attached hydrogen (secondary N) is 2. The fourth-order valence-electron chi connectivity index (χ4n) is 2.66. The third-order valence-corrected chi connectivity index (χ3v) is 4.24. The first-order valence-corrected chi connectivity index (χ1v) is 8.04. The Kier molecular flexibility index (Phi) is 5.12. The number of rotatable bonds is 2. The minimum absolute atomic E-state index is 0.00784. The molecule has 2 N–H and O–H groups in total. The first-order chi connectivity index (χ1) is 11.6. The minimum Gasteiger partial charge on any atom is -0.339 e. The molecule has 5 nitrogen and oxygen atoms in total. The van der Waals surface area contributed by atoms with Gasteiger partial charge in [-0.25, -0.2) is 4.39 Å². The average molecular weight is 344 g/mol. The summed E-state index contributed by atoms with van der Waals surface area (Å²) in [5, 5.41) is 6.42. The van der Waals surface area contributed by atoms with Gasteiger partial charge in [-0.15, -0.1) is 0 Å². The third kappa shape index (κ3) is 3.74. The molecule has 24 heavy (non-hydrogen) atoms. The van der Waals surface area contributed by atoms with Crippen molar-refractivity contribution in [3.05, 3.63) is 65.7 Å². The predicted molar refractivity (Wildman–Crippen MR) is 93.0 cm³/mol. The zero-order chi connectivity index (χ0) is 16.9. The summed E-state index contributed by atoms with van der Waals surface area (Å²) in [6, 6.07) is 9.24. The van der Waals surface area contributed by atoms with Crippen LogP contribution >= 0.6 is 12.2 Å². The van der Waals surface area contributed by atoms with Gasteiger partial charge in [0.15, 0.2) is 5.11 Å². The van der Waals surface area contributed by atoms with Gasteiger partial charge in [0.1, 0.15) is 5.82 Å². The van der Waals surface area contributed by atoms with Crippen LogP contribution in [0.5, 0.6) is 0 Å². The number of thiocarbonyl (C=S) groups is 1. The van der Waals surface area contributed by atoms with Crippen molar-refractivity contribution >= 4 is 23.2 Å². The molecule has 1 aliphatic rings. The van der Waals surface area contributed by atoms with Gasteiger partial charge in [-0.05, 0) is 48.1 Å². The van der Waals surface area contributed by atoms with Gasteiger partial charge in [-0.1, -0.05) is 6.07 Å².